The van der Waals surface area contributed by atoms with Gasteiger partial charge in [-0.25, -0.2) is 0 Å². The number of hydrogen-bond donors (Lipinski definition) is 1. The lowest BCUT2D eigenvalue weighted by molar-refractivity contribution is 0.0908. The van der Waals surface area contributed by atoms with Crippen molar-refractivity contribution in [2.24, 2.45) is 0 Å². The maximum Gasteiger partial charge on any atom is 0.236 e. The molecule has 1 aliphatic heterocycles. The molecule has 3 rings (SSSR count). The SMILES string of the molecule is O=C(Cc1ccccc1Cl)n1c(Br)c(Br)c2c1CCNC2. The molecule has 1 N–H and O–H groups in total. The van der Waals surface area contributed by atoms with Gasteiger partial charge in [0.25, 0.3) is 0 Å². The Labute approximate surface area is 144 Å². The molecule has 0 unspecified atom stereocenters. The van der Waals surface area contributed by atoms with Gasteiger partial charge in [-0.1, -0.05) is 29.8 Å². The van der Waals surface area contributed by atoms with Crippen LogP contribution in [0.1, 0.15) is 21.6 Å². The third-order valence-corrected chi connectivity index (χ3v) is 6.16. The summed E-state index contributed by atoms with van der Waals surface area (Å²) in [7, 11) is 0. The van der Waals surface area contributed by atoms with Crippen molar-refractivity contribution >= 4 is 49.4 Å². The predicted molar refractivity (Wildman–Crippen MR) is 91.0 cm³/mol. The minimum Gasteiger partial charge on any atom is -0.312 e. The minimum atomic E-state index is 0.0267. The number of hydrogen-bond acceptors (Lipinski definition) is 2. The molecule has 0 fully saturated rings. The van der Waals surface area contributed by atoms with Crippen molar-refractivity contribution in [1.82, 2.24) is 9.88 Å². The van der Waals surface area contributed by atoms with Gasteiger partial charge in [-0.05, 0) is 43.5 Å². The van der Waals surface area contributed by atoms with E-state index in [0.29, 0.717) is 11.4 Å². The zero-order chi connectivity index (χ0) is 15.0. The van der Waals surface area contributed by atoms with Gasteiger partial charge in [0.15, 0.2) is 0 Å². The topological polar surface area (TPSA) is 34.0 Å². The predicted octanol–water partition coefficient (Wildman–Crippen LogP) is 4.20. The molecule has 0 saturated heterocycles. The average molecular weight is 433 g/mol. The molecule has 110 valence electrons. The minimum absolute atomic E-state index is 0.0267. The summed E-state index contributed by atoms with van der Waals surface area (Å²) in [4.78, 5) is 12.7. The Morgan fingerprint density at radius 2 is 2.10 bits per heavy atom. The van der Waals surface area contributed by atoms with Crippen LogP contribution in [0.25, 0.3) is 0 Å². The molecule has 2 aromatic rings. The fourth-order valence-electron chi connectivity index (χ4n) is 2.61. The molecule has 1 aliphatic rings. The Balaban J connectivity index is 1.97. The zero-order valence-electron chi connectivity index (χ0n) is 11.1. The van der Waals surface area contributed by atoms with Crippen LogP contribution >= 0.6 is 43.5 Å². The van der Waals surface area contributed by atoms with Gasteiger partial charge in [-0.2, -0.15) is 0 Å². The number of benzene rings is 1. The van der Waals surface area contributed by atoms with Gasteiger partial charge in [0.05, 0.1) is 10.9 Å². The van der Waals surface area contributed by atoms with Crippen LogP contribution in [-0.4, -0.2) is 17.0 Å². The van der Waals surface area contributed by atoms with Crippen LogP contribution in [0.15, 0.2) is 33.3 Å². The van der Waals surface area contributed by atoms with Gasteiger partial charge >= 0.3 is 0 Å². The third kappa shape index (κ3) is 2.84. The second kappa shape index (κ2) is 6.24. The quantitative estimate of drug-likeness (QED) is 0.772. The number of carbonyl (C=O) groups is 1. The van der Waals surface area contributed by atoms with E-state index in [1.807, 2.05) is 24.3 Å². The molecule has 21 heavy (non-hydrogen) atoms. The van der Waals surface area contributed by atoms with E-state index in [1.165, 1.54) is 0 Å². The second-order valence-corrected chi connectivity index (χ2v) is 6.91. The molecule has 1 aromatic carbocycles. The summed E-state index contributed by atoms with van der Waals surface area (Å²) in [6.45, 7) is 1.66. The van der Waals surface area contributed by atoms with Crippen LogP contribution in [0.3, 0.4) is 0 Å². The fourth-order valence-corrected chi connectivity index (χ4v) is 4.01. The van der Waals surface area contributed by atoms with Gasteiger partial charge in [-0.15, -0.1) is 0 Å². The highest BCUT2D eigenvalue weighted by molar-refractivity contribution is 9.13. The molecule has 2 heterocycles. The van der Waals surface area contributed by atoms with Crippen LogP contribution < -0.4 is 5.32 Å². The number of halogens is 3. The van der Waals surface area contributed by atoms with Crippen molar-refractivity contribution in [3.8, 4) is 0 Å². The third-order valence-electron chi connectivity index (χ3n) is 3.65. The fraction of sp³-hybridized carbons (Fsp3) is 0.267. The Morgan fingerprint density at radius 3 is 2.86 bits per heavy atom. The number of nitrogens with zero attached hydrogens (tertiary/aromatic N) is 1. The normalized spacial score (nSPS) is 14.0. The Morgan fingerprint density at radius 1 is 1.33 bits per heavy atom. The van der Waals surface area contributed by atoms with Crippen molar-refractivity contribution in [3.63, 3.8) is 0 Å². The summed E-state index contributed by atoms with van der Waals surface area (Å²) >= 11 is 13.2. The molecule has 3 nitrogen and oxygen atoms in total. The first-order chi connectivity index (χ1) is 10.1. The molecule has 1 aromatic heterocycles. The van der Waals surface area contributed by atoms with E-state index in [9.17, 15) is 4.79 Å². The smallest absolute Gasteiger partial charge is 0.236 e. The van der Waals surface area contributed by atoms with Crippen molar-refractivity contribution < 1.29 is 4.79 Å². The molecule has 0 aliphatic carbocycles. The number of nitrogens with one attached hydrogen (secondary N) is 1. The molecule has 6 heteroatoms. The van der Waals surface area contributed by atoms with E-state index in [-0.39, 0.29) is 5.91 Å². The standard InChI is InChI=1S/C15H13Br2ClN2O/c16-14-10-8-19-6-5-12(10)20(15(14)17)13(21)7-9-3-1-2-4-11(9)18/h1-4,19H,5-8H2. The largest absolute Gasteiger partial charge is 0.312 e. The van der Waals surface area contributed by atoms with E-state index >= 15 is 0 Å². The van der Waals surface area contributed by atoms with Crippen molar-refractivity contribution in [2.45, 2.75) is 19.4 Å². The summed E-state index contributed by atoms with van der Waals surface area (Å²) in [6, 6.07) is 7.46. The summed E-state index contributed by atoms with van der Waals surface area (Å²) in [5.74, 6) is 0.0267. The number of fused-ring (bicyclic) bond motifs is 1. The summed E-state index contributed by atoms with van der Waals surface area (Å²) < 4.78 is 3.51. The van der Waals surface area contributed by atoms with Crippen LogP contribution in [-0.2, 0) is 19.4 Å². The molecular weight excluding hydrogens is 419 g/mol. The number of aromatic nitrogens is 1. The lowest BCUT2D eigenvalue weighted by Gasteiger charge is -2.16. The van der Waals surface area contributed by atoms with Gasteiger partial charge in [0.1, 0.15) is 4.60 Å². The lowest BCUT2D eigenvalue weighted by atomic mass is 10.1. The van der Waals surface area contributed by atoms with Crippen LogP contribution in [0.5, 0.6) is 0 Å². The summed E-state index contributed by atoms with van der Waals surface area (Å²) in [5, 5.41) is 3.95. The summed E-state index contributed by atoms with van der Waals surface area (Å²) in [6.07, 6.45) is 1.13. The molecule has 0 radical (unpaired) electrons. The molecule has 0 spiro atoms. The highest BCUT2D eigenvalue weighted by Crippen LogP contribution is 2.34. The Bertz CT molecular complexity index is 712. The monoisotopic (exact) mass is 430 g/mol. The molecule has 0 saturated carbocycles. The molecule has 0 atom stereocenters. The van der Waals surface area contributed by atoms with Gasteiger partial charge in [0.2, 0.25) is 5.91 Å². The highest BCUT2D eigenvalue weighted by Gasteiger charge is 2.25. The maximum atomic E-state index is 12.7. The van der Waals surface area contributed by atoms with Crippen molar-refractivity contribution in [1.29, 1.82) is 0 Å². The lowest BCUT2D eigenvalue weighted by Crippen LogP contribution is -2.27. The molecule has 0 amide bonds. The van der Waals surface area contributed by atoms with E-state index in [1.54, 1.807) is 4.57 Å². The van der Waals surface area contributed by atoms with Crippen molar-refractivity contribution in [3.05, 3.63) is 55.2 Å². The Kier molecular flexibility index (Phi) is 4.54. The first-order valence-electron chi connectivity index (χ1n) is 6.64. The van der Waals surface area contributed by atoms with E-state index in [4.69, 9.17) is 11.6 Å². The molecular formula is C15H13Br2ClN2O. The van der Waals surface area contributed by atoms with E-state index < -0.39 is 0 Å². The van der Waals surface area contributed by atoms with E-state index in [0.717, 1.165) is 45.4 Å². The Hall–Kier alpha value is -0.620. The first-order valence-corrected chi connectivity index (χ1v) is 8.60. The molecule has 0 bridgehead atoms. The van der Waals surface area contributed by atoms with Crippen molar-refractivity contribution in [2.75, 3.05) is 6.54 Å². The maximum absolute atomic E-state index is 12.7. The zero-order valence-corrected chi connectivity index (χ0v) is 15.1. The van der Waals surface area contributed by atoms with E-state index in [2.05, 4.69) is 37.2 Å². The van der Waals surface area contributed by atoms with Crippen LogP contribution in [0, 0.1) is 0 Å². The second-order valence-electron chi connectivity index (χ2n) is 4.95. The van der Waals surface area contributed by atoms with Gasteiger partial charge < -0.3 is 5.32 Å². The first kappa shape index (κ1) is 15.3. The average Bonchev–Trinajstić information content (AvgIpc) is 2.74. The van der Waals surface area contributed by atoms with Crippen LogP contribution in [0.2, 0.25) is 5.02 Å². The number of rotatable bonds is 2. The van der Waals surface area contributed by atoms with Crippen LogP contribution in [0.4, 0.5) is 0 Å². The number of carbonyl (C=O) groups excluding carboxylic acids is 1. The highest BCUT2D eigenvalue weighted by atomic mass is 79.9. The summed E-state index contributed by atoms with van der Waals surface area (Å²) in [5.41, 5.74) is 3.08. The van der Waals surface area contributed by atoms with Gasteiger partial charge in [-0.3, -0.25) is 9.36 Å². The van der Waals surface area contributed by atoms with Gasteiger partial charge in [0, 0.05) is 35.8 Å².